The highest BCUT2D eigenvalue weighted by Gasteiger charge is 2.11. The molecule has 3 nitrogen and oxygen atoms in total. The molecule has 138 valence electrons. The summed E-state index contributed by atoms with van der Waals surface area (Å²) >= 11 is 0. The standard InChI is InChI=1S/C24H25NO2/c25-24(27)23-12-6-5-11-22(23)16-19(17-26)8-2-1-7-18-13-14-20-9-3-4-10-21(20)15-18/h2-6,8-15,19,26H,1,7,16-17H2,(H2,25,27)/b8-2+. The number of hydrogen-bond donors (Lipinski definition) is 2. The van der Waals surface area contributed by atoms with Gasteiger partial charge in [0.1, 0.15) is 0 Å². The van der Waals surface area contributed by atoms with Gasteiger partial charge < -0.3 is 10.8 Å². The minimum atomic E-state index is -0.428. The molecule has 1 atom stereocenters. The van der Waals surface area contributed by atoms with Gasteiger partial charge in [-0.2, -0.15) is 0 Å². The maximum absolute atomic E-state index is 11.5. The van der Waals surface area contributed by atoms with Crippen LogP contribution in [0.25, 0.3) is 10.8 Å². The molecule has 0 saturated heterocycles. The van der Waals surface area contributed by atoms with Gasteiger partial charge in [0.15, 0.2) is 0 Å². The quantitative estimate of drug-likeness (QED) is 0.590. The first-order valence-corrected chi connectivity index (χ1v) is 9.30. The minimum absolute atomic E-state index is 0.0258. The molecule has 3 heteroatoms. The van der Waals surface area contributed by atoms with E-state index < -0.39 is 5.91 Å². The molecule has 3 aromatic rings. The maximum atomic E-state index is 11.5. The summed E-state index contributed by atoms with van der Waals surface area (Å²) in [6, 6.07) is 22.2. The Kier molecular flexibility index (Phi) is 6.39. The van der Waals surface area contributed by atoms with Crippen molar-refractivity contribution in [2.75, 3.05) is 6.61 Å². The molecule has 27 heavy (non-hydrogen) atoms. The molecule has 1 amide bonds. The van der Waals surface area contributed by atoms with E-state index in [9.17, 15) is 9.90 Å². The molecule has 1 unspecified atom stereocenters. The molecule has 0 aliphatic heterocycles. The van der Waals surface area contributed by atoms with E-state index in [1.54, 1.807) is 12.1 Å². The Morgan fingerprint density at radius 1 is 1.00 bits per heavy atom. The summed E-state index contributed by atoms with van der Waals surface area (Å²) in [5.74, 6) is -0.454. The van der Waals surface area contributed by atoms with E-state index in [4.69, 9.17) is 5.73 Å². The molecular weight excluding hydrogens is 334 g/mol. The number of benzene rings is 3. The third kappa shape index (κ3) is 5.05. The predicted molar refractivity (Wildman–Crippen MR) is 111 cm³/mol. The minimum Gasteiger partial charge on any atom is -0.396 e. The molecule has 0 bridgehead atoms. The van der Waals surface area contributed by atoms with Crippen molar-refractivity contribution in [1.29, 1.82) is 0 Å². The Bertz CT molecular complexity index is 946. The lowest BCUT2D eigenvalue weighted by molar-refractivity contribution is 0.0999. The van der Waals surface area contributed by atoms with E-state index in [2.05, 4.69) is 48.5 Å². The number of fused-ring (bicyclic) bond motifs is 1. The molecule has 0 heterocycles. The van der Waals surface area contributed by atoms with Crippen molar-refractivity contribution in [3.63, 3.8) is 0 Å². The van der Waals surface area contributed by atoms with Gasteiger partial charge in [0.05, 0.1) is 0 Å². The van der Waals surface area contributed by atoms with Crippen molar-refractivity contribution in [3.8, 4) is 0 Å². The predicted octanol–water partition coefficient (Wildman–Crippen LogP) is 4.28. The largest absolute Gasteiger partial charge is 0.396 e. The fourth-order valence-corrected chi connectivity index (χ4v) is 3.35. The number of carbonyl (C=O) groups is 1. The second kappa shape index (κ2) is 9.15. The second-order valence-electron chi connectivity index (χ2n) is 6.82. The molecule has 3 aromatic carbocycles. The highest BCUT2D eigenvalue weighted by Crippen LogP contribution is 2.18. The van der Waals surface area contributed by atoms with E-state index in [-0.39, 0.29) is 12.5 Å². The van der Waals surface area contributed by atoms with Crippen molar-refractivity contribution in [3.05, 3.63) is 95.6 Å². The number of amides is 1. The van der Waals surface area contributed by atoms with Crippen LogP contribution in [0.4, 0.5) is 0 Å². The third-order valence-corrected chi connectivity index (χ3v) is 4.82. The van der Waals surface area contributed by atoms with Crippen LogP contribution >= 0.6 is 0 Å². The number of carbonyl (C=O) groups excluding carboxylic acids is 1. The Morgan fingerprint density at radius 2 is 1.74 bits per heavy atom. The van der Waals surface area contributed by atoms with Gasteiger partial charge in [-0.25, -0.2) is 0 Å². The van der Waals surface area contributed by atoms with Crippen molar-refractivity contribution in [2.45, 2.75) is 19.3 Å². The molecule has 0 saturated carbocycles. The Labute approximate surface area is 160 Å². The summed E-state index contributed by atoms with van der Waals surface area (Å²) in [5, 5.41) is 12.2. The summed E-state index contributed by atoms with van der Waals surface area (Å²) in [6.07, 6.45) is 6.62. The van der Waals surface area contributed by atoms with Gasteiger partial charge in [0.25, 0.3) is 0 Å². The number of primary amides is 1. The number of allylic oxidation sites excluding steroid dienone is 1. The lowest BCUT2D eigenvalue weighted by atomic mass is 9.95. The smallest absolute Gasteiger partial charge is 0.248 e. The number of rotatable bonds is 8. The first-order valence-electron chi connectivity index (χ1n) is 9.30. The molecule has 0 spiro atoms. The molecular formula is C24H25NO2. The lowest BCUT2D eigenvalue weighted by Gasteiger charge is -2.12. The van der Waals surface area contributed by atoms with Crippen LogP contribution in [-0.2, 0) is 12.8 Å². The van der Waals surface area contributed by atoms with Crippen LogP contribution in [0.5, 0.6) is 0 Å². The van der Waals surface area contributed by atoms with Gasteiger partial charge >= 0.3 is 0 Å². The first-order chi connectivity index (χ1) is 13.2. The van der Waals surface area contributed by atoms with Gasteiger partial charge in [0.2, 0.25) is 5.91 Å². The number of aryl methyl sites for hydroxylation is 1. The highest BCUT2D eigenvalue weighted by molar-refractivity contribution is 5.94. The third-order valence-electron chi connectivity index (χ3n) is 4.82. The van der Waals surface area contributed by atoms with E-state index in [0.29, 0.717) is 12.0 Å². The summed E-state index contributed by atoms with van der Waals surface area (Å²) in [6.45, 7) is 0.0412. The summed E-state index contributed by atoms with van der Waals surface area (Å²) in [5.41, 5.74) is 8.15. The molecule has 0 aliphatic rings. The van der Waals surface area contributed by atoms with Crippen molar-refractivity contribution >= 4 is 16.7 Å². The van der Waals surface area contributed by atoms with E-state index >= 15 is 0 Å². The SMILES string of the molecule is NC(=O)c1ccccc1CC(/C=C/CCc1ccc2ccccc2c1)CO. The van der Waals surface area contributed by atoms with Crippen molar-refractivity contribution < 1.29 is 9.90 Å². The van der Waals surface area contributed by atoms with Gasteiger partial charge in [-0.05, 0) is 47.2 Å². The van der Waals surface area contributed by atoms with Gasteiger partial charge in [-0.15, -0.1) is 0 Å². The monoisotopic (exact) mass is 359 g/mol. The van der Waals surface area contributed by atoms with E-state index in [1.165, 1.54) is 16.3 Å². The number of hydrogen-bond acceptors (Lipinski definition) is 2. The van der Waals surface area contributed by atoms with E-state index in [0.717, 1.165) is 18.4 Å². The molecule has 0 radical (unpaired) electrons. The van der Waals surface area contributed by atoms with Crippen molar-refractivity contribution in [1.82, 2.24) is 0 Å². The zero-order valence-electron chi connectivity index (χ0n) is 15.3. The van der Waals surface area contributed by atoms with Gasteiger partial charge in [-0.1, -0.05) is 72.8 Å². The average molecular weight is 359 g/mol. The van der Waals surface area contributed by atoms with Crippen LogP contribution in [-0.4, -0.2) is 17.6 Å². The number of nitrogens with two attached hydrogens (primary N) is 1. The number of aliphatic hydroxyl groups excluding tert-OH is 1. The molecule has 3 rings (SSSR count). The Hall–Kier alpha value is -2.91. The highest BCUT2D eigenvalue weighted by atomic mass is 16.3. The second-order valence-corrected chi connectivity index (χ2v) is 6.82. The van der Waals surface area contributed by atoms with Crippen LogP contribution in [0.2, 0.25) is 0 Å². The van der Waals surface area contributed by atoms with Crippen LogP contribution in [0.15, 0.2) is 78.9 Å². The molecule has 0 aliphatic carbocycles. The van der Waals surface area contributed by atoms with E-state index in [1.807, 2.05) is 18.2 Å². The van der Waals surface area contributed by atoms with Crippen LogP contribution in [0.1, 0.15) is 27.9 Å². The Balaban J connectivity index is 1.59. The first kappa shape index (κ1) is 18.9. The fourth-order valence-electron chi connectivity index (χ4n) is 3.35. The fraction of sp³-hybridized carbons (Fsp3) is 0.208. The normalized spacial score (nSPS) is 12.5. The molecule has 0 fully saturated rings. The zero-order valence-corrected chi connectivity index (χ0v) is 15.3. The lowest BCUT2D eigenvalue weighted by Crippen LogP contribution is -2.16. The van der Waals surface area contributed by atoms with Crippen molar-refractivity contribution in [2.24, 2.45) is 11.7 Å². The van der Waals surface area contributed by atoms with Crippen LogP contribution in [0, 0.1) is 5.92 Å². The maximum Gasteiger partial charge on any atom is 0.248 e. The topological polar surface area (TPSA) is 63.3 Å². The summed E-state index contributed by atoms with van der Waals surface area (Å²) in [7, 11) is 0. The number of aliphatic hydroxyl groups is 1. The molecule has 0 aromatic heterocycles. The van der Waals surface area contributed by atoms with Crippen LogP contribution in [0.3, 0.4) is 0 Å². The van der Waals surface area contributed by atoms with Gasteiger partial charge in [0, 0.05) is 18.1 Å². The van der Waals surface area contributed by atoms with Gasteiger partial charge in [-0.3, -0.25) is 4.79 Å². The zero-order chi connectivity index (χ0) is 19.1. The summed E-state index contributed by atoms with van der Waals surface area (Å²) in [4.78, 5) is 11.5. The van der Waals surface area contributed by atoms with Crippen LogP contribution < -0.4 is 5.73 Å². The summed E-state index contributed by atoms with van der Waals surface area (Å²) < 4.78 is 0. The average Bonchev–Trinajstić information content (AvgIpc) is 2.70. The molecule has 3 N–H and O–H groups in total. The Morgan fingerprint density at radius 3 is 2.52 bits per heavy atom.